The van der Waals surface area contributed by atoms with Gasteiger partial charge in [-0.1, -0.05) is 13.8 Å². The minimum atomic E-state index is -3.67. The topological polar surface area (TPSA) is 83.6 Å². The largest absolute Gasteiger partial charge is 0.342 e. The maximum Gasteiger partial charge on any atom is 0.259 e. The second kappa shape index (κ2) is 4.73. The first-order valence-electron chi connectivity index (χ1n) is 5.78. The predicted molar refractivity (Wildman–Crippen MR) is 68.5 cm³/mol. The second-order valence-corrected chi connectivity index (χ2v) is 7.89. The number of amides is 2. The number of rotatable bonds is 1. The molecule has 6 nitrogen and oxygen atoms in total. The van der Waals surface area contributed by atoms with E-state index in [9.17, 15) is 18.0 Å². The molecule has 1 N–H and O–H groups in total. The van der Waals surface area contributed by atoms with Crippen molar-refractivity contribution in [3.05, 3.63) is 0 Å². The average Bonchev–Trinajstić information content (AvgIpc) is 2.42. The van der Waals surface area contributed by atoms with Crippen molar-refractivity contribution in [2.75, 3.05) is 17.3 Å². The molecule has 0 aromatic rings. The monoisotopic (exact) mass is 292 g/mol. The molecule has 2 heterocycles. The molecule has 0 radical (unpaired) electrons. The fourth-order valence-electron chi connectivity index (χ4n) is 2.09. The fraction of sp³-hybridized carbons (Fsp3) is 0.800. The maximum atomic E-state index is 12.2. The SMILES string of the molecule is CC(C)[C@@H]1NC(=O)[C@@H]2CSCCS(=O)(=O)N2C1=O. The van der Waals surface area contributed by atoms with E-state index in [4.69, 9.17) is 0 Å². The lowest BCUT2D eigenvalue weighted by atomic mass is 10.0. The fourth-order valence-corrected chi connectivity index (χ4v) is 5.33. The number of piperazine rings is 1. The van der Waals surface area contributed by atoms with Crippen molar-refractivity contribution in [2.45, 2.75) is 25.9 Å². The number of fused-ring (bicyclic) bond motifs is 1. The summed E-state index contributed by atoms with van der Waals surface area (Å²) < 4.78 is 25.0. The average molecular weight is 292 g/mol. The summed E-state index contributed by atoms with van der Waals surface area (Å²) in [5, 5.41) is 2.62. The molecule has 0 aromatic carbocycles. The zero-order valence-electron chi connectivity index (χ0n) is 10.3. The molecule has 2 fully saturated rings. The molecular formula is C10H16N2O4S2. The minimum absolute atomic E-state index is 0.0853. The molecule has 2 rings (SSSR count). The van der Waals surface area contributed by atoms with Crippen LogP contribution in [0.15, 0.2) is 0 Å². The molecule has 0 saturated carbocycles. The predicted octanol–water partition coefficient (Wildman–Crippen LogP) is -0.585. The lowest BCUT2D eigenvalue weighted by Gasteiger charge is -2.37. The summed E-state index contributed by atoms with van der Waals surface area (Å²) in [6.07, 6.45) is 0. The van der Waals surface area contributed by atoms with Gasteiger partial charge in [-0.15, -0.1) is 0 Å². The zero-order chi connectivity index (χ0) is 13.5. The molecule has 18 heavy (non-hydrogen) atoms. The number of hydrogen-bond acceptors (Lipinski definition) is 5. The summed E-state index contributed by atoms with van der Waals surface area (Å²) in [6, 6.07) is -1.63. The Morgan fingerprint density at radius 3 is 2.67 bits per heavy atom. The molecule has 102 valence electrons. The van der Waals surface area contributed by atoms with E-state index in [1.165, 1.54) is 11.8 Å². The quantitative estimate of drug-likeness (QED) is 0.699. The van der Waals surface area contributed by atoms with Gasteiger partial charge in [0.1, 0.15) is 12.1 Å². The van der Waals surface area contributed by atoms with Gasteiger partial charge < -0.3 is 5.32 Å². The van der Waals surface area contributed by atoms with Crippen LogP contribution in [0.5, 0.6) is 0 Å². The smallest absolute Gasteiger partial charge is 0.259 e. The first-order chi connectivity index (χ1) is 8.34. The standard InChI is InChI=1S/C10H16N2O4S2/c1-6(2)8-10(14)12-7(9(13)11-8)5-17-3-4-18(12,15)16/h6-8H,3-5H2,1-2H3,(H,11,13)/t7-,8-/m0/s1. The first-order valence-corrected chi connectivity index (χ1v) is 8.55. The number of hydrogen-bond donors (Lipinski definition) is 1. The minimum Gasteiger partial charge on any atom is -0.342 e. The van der Waals surface area contributed by atoms with Gasteiger partial charge in [0.2, 0.25) is 15.9 Å². The van der Waals surface area contributed by atoms with Crippen LogP contribution in [0.1, 0.15) is 13.8 Å². The highest BCUT2D eigenvalue weighted by atomic mass is 32.2. The number of nitrogens with one attached hydrogen (secondary N) is 1. The number of thioether (sulfide) groups is 1. The van der Waals surface area contributed by atoms with Crippen molar-refractivity contribution in [3.8, 4) is 0 Å². The Kier molecular flexibility index (Phi) is 3.59. The van der Waals surface area contributed by atoms with Gasteiger partial charge in [-0.25, -0.2) is 12.7 Å². The molecule has 0 bridgehead atoms. The number of carbonyl (C=O) groups is 2. The summed E-state index contributed by atoms with van der Waals surface area (Å²) in [6.45, 7) is 3.56. The van der Waals surface area contributed by atoms with Crippen molar-refractivity contribution in [1.29, 1.82) is 0 Å². The third-order valence-electron chi connectivity index (χ3n) is 3.09. The Hall–Kier alpha value is -0.760. The Bertz CT molecular complexity index is 474. The Morgan fingerprint density at radius 1 is 1.39 bits per heavy atom. The van der Waals surface area contributed by atoms with Gasteiger partial charge in [0.15, 0.2) is 0 Å². The third-order valence-corrected chi connectivity index (χ3v) is 6.15. The van der Waals surface area contributed by atoms with E-state index in [0.717, 1.165) is 4.31 Å². The van der Waals surface area contributed by atoms with E-state index < -0.39 is 28.0 Å². The highest BCUT2D eigenvalue weighted by Crippen LogP contribution is 2.25. The van der Waals surface area contributed by atoms with Crippen LogP contribution in [0.2, 0.25) is 0 Å². The number of sulfonamides is 1. The van der Waals surface area contributed by atoms with E-state index >= 15 is 0 Å². The summed E-state index contributed by atoms with van der Waals surface area (Å²) in [5.74, 6) is -0.334. The summed E-state index contributed by atoms with van der Waals surface area (Å²) in [4.78, 5) is 24.2. The number of carbonyl (C=O) groups excluding carboxylic acids is 2. The van der Waals surface area contributed by atoms with Crippen LogP contribution >= 0.6 is 11.8 Å². The Labute approximate surface area is 111 Å². The Morgan fingerprint density at radius 2 is 2.06 bits per heavy atom. The molecule has 2 aliphatic heterocycles. The van der Waals surface area contributed by atoms with E-state index in [1.54, 1.807) is 13.8 Å². The molecule has 0 aliphatic carbocycles. The molecule has 2 amide bonds. The molecule has 0 spiro atoms. The van der Waals surface area contributed by atoms with Crippen LogP contribution in [-0.4, -0.2) is 53.9 Å². The van der Waals surface area contributed by atoms with E-state index in [1.807, 2.05) is 0 Å². The van der Waals surface area contributed by atoms with Crippen molar-refractivity contribution in [3.63, 3.8) is 0 Å². The highest BCUT2D eigenvalue weighted by molar-refractivity contribution is 8.01. The van der Waals surface area contributed by atoms with Gasteiger partial charge in [0.05, 0.1) is 5.75 Å². The van der Waals surface area contributed by atoms with Crippen LogP contribution < -0.4 is 5.32 Å². The molecule has 2 saturated heterocycles. The van der Waals surface area contributed by atoms with E-state index in [2.05, 4.69) is 5.32 Å². The van der Waals surface area contributed by atoms with Crippen LogP contribution in [0.3, 0.4) is 0 Å². The lowest BCUT2D eigenvalue weighted by Crippen LogP contribution is -2.66. The van der Waals surface area contributed by atoms with Crippen molar-refractivity contribution >= 4 is 33.6 Å². The van der Waals surface area contributed by atoms with Crippen LogP contribution in [0.25, 0.3) is 0 Å². The molecular weight excluding hydrogens is 276 g/mol. The van der Waals surface area contributed by atoms with Crippen molar-refractivity contribution in [2.24, 2.45) is 5.92 Å². The van der Waals surface area contributed by atoms with Crippen molar-refractivity contribution in [1.82, 2.24) is 9.62 Å². The van der Waals surface area contributed by atoms with E-state index in [0.29, 0.717) is 11.5 Å². The first kappa shape index (κ1) is 13.7. The van der Waals surface area contributed by atoms with Gasteiger partial charge in [-0.05, 0) is 5.92 Å². The van der Waals surface area contributed by atoms with Crippen molar-refractivity contribution < 1.29 is 18.0 Å². The summed E-state index contributed by atoms with van der Waals surface area (Å²) in [5.41, 5.74) is 0. The molecule has 0 unspecified atom stereocenters. The van der Waals surface area contributed by atoms with Gasteiger partial charge in [0.25, 0.3) is 5.91 Å². The molecule has 8 heteroatoms. The van der Waals surface area contributed by atoms with Gasteiger partial charge >= 0.3 is 0 Å². The van der Waals surface area contributed by atoms with Gasteiger partial charge in [0, 0.05) is 11.5 Å². The van der Waals surface area contributed by atoms with Crippen LogP contribution in [0, 0.1) is 5.92 Å². The van der Waals surface area contributed by atoms with Crippen LogP contribution in [0.4, 0.5) is 0 Å². The maximum absolute atomic E-state index is 12.2. The third kappa shape index (κ3) is 2.23. The molecule has 2 atom stereocenters. The Balaban J connectivity index is 2.42. The lowest BCUT2D eigenvalue weighted by molar-refractivity contribution is -0.143. The normalized spacial score (nSPS) is 31.8. The highest BCUT2D eigenvalue weighted by Gasteiger charge is 2.48. The summed E-state index contributed by atoms with van der Waals surface area (Å²) >= 11 is 1.39. The second-order valence-electron chi connectivity index (χ2n) is 4.77. The van der Waals surface area contributed by atoms with Gasteiger partial charge in [-0.2, -0.15) is 11.8 Å². The van der Waals surface area contributed by atoms with Crippen LogP contribution in [-0.2, 0) is 19.6 Å². The molecule has 0 aromatic heterocycles. The van der Waals surface area contributed by atoms with E-state index in [-0.39, 0.29) is 17.6 Å². The molecule has 2 aliphatic rings. The zero-order valence-corrected chi connectivity index (χ0v) is 11.9. The van der Waals surface area contributed by atoms with Gasteiger partial charge in [-0.3, -0.25) is 9.59 Å². The number of nitrogens with zero attached hydrogens (tertiary/aromatic N) is 1. The summed E-state index contributed by atoms with van der Waals surface area (Å²) in [7, 11) is -3.67.